The largest absolute Gasteiger partial charge is 0.350 e. The summed E-state index contributed by atoms with van der Waals surface area (Å²) in [5.74, 6) is 0.580. The first kappa shape index (κ1) is 13.6. The maximum atomic E-state index is 11.9. The van der Waals surface area contributed by atoms with Crippen LogP contribution in [0.2, 0.25) is 0 Å². The zero-order valence-corrected chi connectivity index (χ0v) is 12.1. The predicted octanol–water partition coefficient (Wildman–Crippen LogP) is 2.33. The first-order chi connectivity index (χ1) is 8.47. The van der Waals surface area contributed by atoms with Crippen LogP contribution in [0.3, 0.4) is 0 Å². The average molecular weight is 250 g/mol. The van der Waals surface area contributed by atoms with Gasteiger partial charge in [-0.3, -0.25) is 9.69 Å². The van der Waals surface area contributed by atoms with Crippen molar-refractivity contribution in [2.45, 2.75) is 64.6 Å². The van der Waals surface area contributed by atoms with Crippen LogP contribution in [0.5, 0.6) is 0 Å². The monoisotopic (exact) mass is 250 g/mol. The van der Waals surface area contributed by atoms with E-state index in [2.05, 4.69) is 38.0 Å². The number of piperidine rings is 1. The Kier molecular flexibility index (Phi) is 4.10. The third kappa shape index (κ3) is 2.94. The SMILES string of the molecule is CC(C)[C@@H](C)NC(=O)C=C1C[C@H]2CC[C@@H](C1)N2C. The molecule has 102 valence electrons. The first-order valence-electron chi connectivity index (χ1n) is 7.19. The summed E-state index contributed by atoms with van der Waals surface area (Å²) < 4.78 is 0. The fraction of sp³-hybridized carbons (Fsp3) is 0.800. The topological polar surface area (TPSA) is 32.3 Å². The van der Waals surface area contributed by atoms with Gasteiger partial charge in [-0.25, -0.2) is 0 Å². The van der Waals surface area contributed by atoms with Crippen LogP contribution < -0.4 is 5.32 Å². The van der Waals surface area contributed by atoms with Crippen LogP contribution in [0.15, 0.2) is 11.6 Å². The van der Waals surface area contributed by atoms with Crippen molar-refractivity contribution < 1.29 is 4.79 Å². The molecule has 0 unspecified atom stereocenters. The van der Waals surface area contributed by atoms with Crippen molar-refractivity contribution >= 4 is 5.91 Å². The summed E-state index contributed by atoms with van der Waals surface area (Å²) in [6.07, 6.45) is 6.61. The van der Waals surface area contributed by atoms with Crippen LogP contribution in [0.25, 0.3) is 0 Å². The van der Waals surface area contributed by atoms with E-state index in [1.807, 2.05) is 6.08 Å². The highest BCUT2D eigenvalue weighted by Gasteiger charge is 2.35. The van der Waals surface area contributed by atoms with Gasteiger partial charge in [0, 0.05) is 24.2 Å². The highest BCUT2D eigenvalue weighted by molar-refractivity contribution is 5.88. The molecule has 2 fully saturated rings. The average Bonchev–Trinajstić information content (AvgIpc) is 2.51. The number of rotatable bonds is 3. The van der Waals surface area contributed by atoms with Gasteiger partial charge in [-0.2, -0.15) is 0 Å². The summed E-state index contributed by atoms with van der Waals surface area (Å²) in [7, 11) is 2.22. The number of nitrogens with zero attached hydrogens (tertiary/aromatic N) is 1. The molecule has 18 heavy (non-hydrogen) atoms. The van der Waals surface area contributed by atoms with E-state index >= 15 is 0 Å². The number of amides is 1. The quantitative estimate of drug-likeness (QED) is 0.780. The van der Waals surface area contributed by atoms with Crippen LogP contribution in [0.4, 0.5) is 0 Å². The molecular weight excluding hydrogens is 224 g/mol. The number of hydrogen-bond acceptors (Lipinski definition) is 2. The molecule has 2 saturated heterocycles. The van der Waals surface area contributed by atoms with Gasteiger partial charge in [0.2, 0.25) is 5.91 Å². The van der Waals surface area contributed by atoms with Gasteiger partial charge in [-0.15, -0.1) is 0 Å². The van der Waals surface area contributed by atoms with Gasteiger partial charge in [0.05, 0.1) is 0 Å². The predicted molar refractivity (Wildman–Crippen MR) is 74.3 cm³/mol. The highest BCUT2D eigenvalue weighted by Crippen LogP contribution is 2.36. The molecule has 2 aliphatic rings. The fourth-order valence-corrected chi connectivity index (χ4v) is 3.01. The summed E-state index contributed by atoms with van der Waals surface area (Å²) in [6, 6.07) is 1.59. The van der Waals surface area contributed by atoms with Gasteiger partial charge >= 0.3 is 0 Å². The summed E-state index contributed by atoms with van der Waals surface area (Å²) in [6.45, 7) is 6.33. The second kappa shape index (κ2) is 5.43. The van der Waals surface area contributed by atoms with Crippen molar-refractivity contribution in [1.29, 1.82) is 0 Å². The van der Waals surface area contributed by atoms with Crippen LogP contribution >= 0.6 is 0 Å². The zero-order valence-electron chi connectivity index (χ0n) is 12.1. The van der Waals surface area contributed by atoms with Crippen LogP contribution in [0.1, 0.15) is 46.5 Å². The molecule has 1 amide bonds. The van der Waals surface area contributed by atoms with E-state index in [0.717, 1.165) is 12.8 Å². The Morgan fingerprint density at radius 1 is 1.28 bits per heavy atom. The molecule has 3 heteroatoms. The van der Waals surface area contributed by atoms with E-state index in [1.165, 1.54) is 18.4 Å². The molecule has 0 aliphatic carbocycles. The van der Waals surface area contributed by atoms with Crippen molar-refractivity contribution in [2.75, 3.05) is 7.05 Å². The molecule has 1 N–H and O–H groups in total. The number of fused-ring (bicyclic) bond motifs is 2. The van der Waals surface area contributed by atoms with Crippen molar-refractivity contribution in [3.63, 3.8) is 0 Å². The fourth-order valence-electron chi connectivity index (χ4n) is 3.01. The van der Waals surface area contributed by atoms with E-state index in [0.29, 0.717) is 18.0 Å². The Morgan fingerprint density at radius 3 is 2.33 bits per heavy atom. The molecule has 3 nitrogen and oxygen atoms in total. The molecule has 0 aromatic carbocycles. The Morgan fingerprint density at radius 2 is 1.83 bits per heavy atom. The second-order valence-corrected chi connectivity index (χ2v) is 6.30. The minimum atomic E-state index is 0.0927. The smallest absolute Gasteiger partial charge is 0.244 e. The lowest BCUT2D eigenvalue weighted by molar-refractivity contribution is -0.117. The minimum absolute atomic E-state index is 0.0927. The number of carbonyl (C=O) groups is 1. The summed E-state index contributed by atoms with van der Waals surface area (Å²) in [5.41, 5.74) is 1.34. The second-order valence-electron chi connectivity index (χ2n) is 6.30. The van der Waals surface area contributed by atoms with Gasteiger partial charge in [0.25, 0.3) is 0 Å². The third-order valence-electron chi connectivity index (χ3n) is 4.69. The van der Waals surface area contributed by atoms with Gasteiger partial charge < -0.3 is 5.32 Å². The lowest BCUT2D eigenvalue weighted by Crippen LogP contribution is -2.38. The van der Waals surface area contributed by atoms with Gasteiger partial charge in [-0.1, -0.05) is 19.4 Å². The number of carbonyl (C=O) groups excluding carboxylic acids is 1. The lowest BCUT2D eigenvalue weighted by Gasteiger charge is -2.32. The minimum Gasteiger partial charge on any atom is -0.350 e. The molecule has 3 atom stereocenters. The lowest BCUT2D eigenvalue weighted by atomic mass is 9.96. The molecule has 0 radical (unpaired) electrons. The Balaban J connectivity index is 1.92. The summed E-state index contributed by atoms with van der Waals surface area (Å²) in [4.78, 5) is 14.4. The van der Waals surface area contributed by atoms with Crippen LogP contribution in [-0.2, 0) is 4.79 Å². The molecular formula is C15H26N2O. The third-order valence-corrected chi connectivity index (χ3v) is 4.69. The zero-order chi connectivity index (χ0) is 13.3. The maximum absolute atomic E-state index is 11.9. The van der Waals surface area contributed by atoms with Crippen molar-refractivity contribution in [2.24, 2.45) is 5.92 Å². The van der Waals surface area contributed by atoms with Crippen molar-refractivity contribution in [3.05, 3.63) is 11.6 Å². The molecule has 2 aliphatic heterocycles. The standard InChI is InChI=1S/C15H26N2O/c1-10(2)11(3)16-15(18)9-12-7-13-5-6-14(8-12)17(13)4/h9-11,13-14H,5-8H2,1-4H3,(H,16,18)/t11-,13-,14+/m1/s1. The van der Waals surface area contributed by atoms with E-state index in [4.69, 9.17) is 0 Å². The van der Waals surface area contributed by atoms with Crippen molar-refractivity contribution in [1.82, 2.24) is 10.2 Å². The molecule has 2 rings (SSSR count). The van der Waals surface area contributed by atoms with Crippen molar-refractivity contribution in [3.8, 4) is 0 Å². The molecule has 0 aromatic rings. The highest BCUT2D eigenvalue weighted by atomic mass is 16.1. The molecule has 0 saturated carbocycles. The number of nitrogens with one attached hydrogen (secondary N) is 1. The van der Waals surface area contributed by atoms with E-state index in [9.17, 15) is 4.79 Å². The normalized spacial score (nSPS) is 31.9. The summed E-state index contributed by atoms with van der Waals surface area (Å²) >= 11 is 0. The van der Waals surface area contributed by atoms with Crippen LogP contribution in [0, 0.1) is 5.92 Å². The van der Waals surface area contributed by atoms with E-state index in [-0.39, 0.29) is 11.9 Å². The Hall–Kier alpha value is -0.830. The van der Waals surface area contributed by atoms with Gasteiger partial charge in [-0.05, 0) is 45.6 Å². The molecule has 2 bridgehead atoms. The van der Waals surface area contributed by atoms with Crippen LogP contribution in [-0.4, -0.2) is 36.0 Å². The summed E-state index contributed by atoms with van der Waals surface area (Å²) in [5, 5.41) is 3.06. The van der Waals surface area contributed by atoms with E-state index < -0.39 is 0 Å². The van der Waals surface area contributed by atoms with E-state index in [1.54, 1.807) is 0 Å². The molecule has 0 spiro atoms. The first-order valence-corrected chi connectivity index (χ1v) is 7.19. The molecule has 2 heterocycles. The molecule has 0 aromatic heterocycles. The maximum Gasteiger partial charge on any atom is 0.244 e. The Labute approximate surface area is 111 Å². The number of hydrogen-bond donors (Lipinski definition) is 1. The van der Waals surface area contributed by atoms with Gasteiger partial charge in [0.1, 0.15) is 0 Å². The Bertz CT molecular complexity index is 332. The van der Waals surface area contributed by atoms with Gasteiger partial charge in [0.15, 0.2) is 0 Å².